The van der Waals surface area contributed by atoms with E-state index in [4.69, 9.17) is 18.9 Å². The van der Waals surface area contributed by atoms with Crippen molar-refractivity contribution in [3.63, 3.8) is 0 Å². The maximum absolute atomic E-state index is 14.3. The van der Waals surface area contributed by atoms with Crippen molar-refractivity contribution in [2.45, 2.75) is 110 Å². The minimum absolute atomic E-state index is 0.286. The molecule has 1 N–H and O–H groups in total. The molecule has 306 valence electrons. The van der Waals surface area contributed by atoms with Gasteiger partial charge in [0.25, 0.3) is 0 Å². The second-order valence-corrected chi connectivity index (χ2v) is 17.9. The molecule has 6 rings (SSSR count). The molecule has 0 saturated carbocycles. The van der Waals surface area contributed by atoms with Crippen LogP contribution in [0.5, 0.6) is 11.5 Å². The van der Waals surface area contributed by atoms with Crippen molar-refractivity contribution in [2.24, 2.45) is 0 Å². The molecule has 2 amide bonds. The van der Waals surface area contributed by atoms with E-state index in [2.05, 4.69) is 19.1 Å². The fraction of sp³-hybridized carbons (Fsp3) is 0.388. The highest BCUT2D eigenvalue weighted by molar-refractivity contribution is 6.00. The van der Waals surface area contributed by atoms with Crippen molar-refractivity contribution in [1.29, 1.82) is 0 Å². The third-order valence-electron chi connectivity index (χ3n) is 10.8. The van der Waals surface area contributed by atoms with E-state index in [1.54, 1.807) is 24.0 Å². The number of amides is 2. The van der Waals surface area contributed by atoms with Crippen LogP contribution >= 0.6 is 0 Å². The van der Waals surface area contributed by atoms with Gasteiger partial charge < -0.3 is 24.1 Å². The Kier molecular flexibility index (Phi) is 11.4. The van der Waals surface area contributed by atoms with Crippen LogP contribution in [0.2, 0.25) is 0 Å². The van der Waals surface area contributed by atoms with E-state index in [1.807, 2.05) is 147 Å². The number of rotatable bonds is 9. The van der Waals surface area contributed by atoms with Crippen molar-refractivity contribution in [3.8, 4) is 33.8 Å². The molecule has 2 aliphatic rings. The first-order valence-corrected chi connectivity index (χ1v) is 19.9. The summed E-state index contributed by atoms with van der Waals surface area (Å²) in [6, 6.07) is 27.6. The SMILES string of the molecule is COc1ccccc1-c1ccc2c(c1)C(C)=CC(C)(C)N2C(=O)OC(C)(C)CCC(O)C1=CC(C)(C)N(C(=O)OC(C)(C)C)c2ccc(-c3ccccc3OC)cc21. The highest BCUT2D eigenvalue weighted by Crippen LogP contribution is 2.46. The number of aliphatic hydroxyl groups is 1. The number of hydrogen-bond acceptors (Lipinski definition) is 7. The molecule has 9 nitrogen and oxygen atoms in total. The molecule has 1 unspecified atom stereocenters. The molecule has 0 bridgehead atoms. The lowest BCUT2D eigenvalue weighted by Crippen LogP contribution is -2.51. The van der Waals surface area contributed by atoms with Gasteiger partial charge >= 0.3 is 12.2 Å². The fourth-order valence-electron chi connectivity index (χ4n) is 8.15. The van der Waals surface area contributed by atoms with Gasteiger partial charge in [0.05, 0.1) is 42.8 Å². The standard InChI is InChI=1S/C49H58N2O7/c1-31-29-47(5,6)50(39-23-21-32(27-36(31)39)34-17-13-15-19-42(34)55-11)45(54)58-49(9,10)26-25-41(52)38-30-48(7,8)51(44(53)57-46(2,3)4)40-24-22-33(28-37(38)40)35-18-14-16-20-43(35)56-12/h13-24,27-30,41,52H,25-26H2,1-12H3. The Morgan fingerprint density at radius 3 is 1.64 bits per heavy atom. The van der Waals surface area contributed by atoms with E-state index >= 15 is 0 Å². The van der Waals surface area contributed by atoms with E-state index < -0.39 is 40.6 Å². The lowest BCUT2D eigenvalue weighted by atomic mass is 9.83. The molecule has 2 heterocycles. The van der Waals surface area contributed by atoms with E-state index in [0.717, 1.165) is 44.8 Å². The second-order valence-electron chi connectivity index (χ2n) is 17.9. The Balaban J connectivity index is 1.27. The molecule has 0 aromatic heterocycles. The molecular weight excluding hydrogens is 729 g/mol. The summed E-state index contributed by atoms with van der Waals surface area (Å²) in [5, 5.41) is 12.1. The zero-order valence-electron chi connectivity index (χ0n) is 36.0. The summed E-state index contributed by atoms with van der Waals surface area (Å²) in [5.41, 5.74) is 5.30. The van der Waals surface area contributed by atoms with Gasteiger partial charge in [0.15, 0.2) is 0 Å². The first-order chi connectivity index (χ1) is 27.2. The molecule has 0 aliphatic carbocycles. The average molecular weight is 787 g/mol. The third kappa shape index (κ3) is 8.51. The minimum Gasteiger partial charge on any atom is -0.496 e. The topological polar surface area (TPSA) is 97.8 Å². The van der Waals surface area contributed by atoms with Crippen LogP contribution in [0.15, 0.2) is 97.1 Å². The summed E-state index contributed by atoms with van der Waals surface area (Å²) in [5.74, 6) is 1.48. The lowest BCUT2D eigenvalue weighted by molar-refractivity contribution is 0.0271. The number of fused-ring (bicyclic) bond motifs is 2. The fourth-order valence-corrected chi connectivity index (χ4v) is 8.15. The first kappa shape index (κ1) is 42.1. The van der Waals surface area contributed by atoms with Crippen molar-refractivity contribution in [3.05, 3.63) is 108 Å². The molecule has 9 heteroatoms. The summed E-state index contributed by atoms with van der Waals surface area (Å²) in [7, 11) is 3.30. The molecule has 0 saturated heterocycles. The van der Waals surface area contributed by atoms with Gasteiger partial charge in [0.2, 0.25) is 0 Å². The molecule has 0 spiro atoms. The third-order valence-corrected chi connectivity index (χ3v) is 10.8. The molecule has 4 aromatic rings. The number of anilines is 2. The maximum atomic E-state index is 14.3. The maximum Gasteiger partial charge on any atom is 0.415 e. The second kappa shape index (κ2) is 15.7. The van der Waals surface area contributed by atoms with Crippen LogP contribution in [0.3, 0.4) is 0 Å². The summed E-state index contributed by atoms with van der Waals surface area (Å²) < 4.78 is 23.5. The smallest absolute Gasteiger partial charge is 0.415 e. The predicted molar refractivity (Wildman–Crippen MR) is 234 cm³/mol. The number of benzene rings is 4. The highest BCUT2D eigenvalue weighted by atomic mass is 16.6. The lowest BCUT2D eigenvalue weighted by Gasteiger charge is -2.43. The van der Waals surface area contributed by atoms with Crippen molar-refractivity contribution in [1.82, 2.24) is 0 Å². The van der Waals surface area contributed by atoms with Gasteiger partial charge in [-0.05, 0) is 141 Å². The van der Waals surface area contributed by atoms with Crippen LogP contribution in [0, 0.1) is 0 Å². The van der Waals surface area contributed by atoms with Gasteiger partial charge in [-0.3, -0.25) is 9.80 Å². The molecule has 0 fully saturated rings. The van der Waals surface area contributed by atoms with Crippen molar-refractivity contribution < 1.29 is 33.6 Å². The highest BCUT2D eigenvalue weighted by Gasteiger charge is 2.42. The number of carbonyl (C=O) groups is 2. The summed E-state index contributed by atoms with van der Waals surface area (Å²) in [4.78, 5) is 31.5. The number of allylic oxidation sites excluding steroid dienone is 1. The number of carbonyl (C=O) groups excluding carboxylic acids is 2. The molecule has 4 aromatic carbocycles. The van der Waals surface area contributed by atoms with E-state index in [9.17, 15) is 14.7 Å². The van der Waals surface area contributed by atoms with Crippen molar-refractivity contribution >= 4 is 34.7 Å². The molecule has 58 heavy (non-hydrogen) atoms. The van der Waals surface area contributed by atoms with Crippen LogP contribution in [-0.4, -0.2) is 59.9 Å². The minimum atomic E-state index is -0.948. The number of ether oxygens (including phenoxy) is 4. The average Bonchev–Trinajstić information content (AvgIpc) is 3.14. The van der Waals surface area contributed by atoms with Crippen LogP contribution < -0.4 is 19.3 Å². The summed E-state index contributed by atoms with van der Waals surface area (Å²) in [6.45, 7) is 19.2. The largest absolute Gasteiger partial charge is 0.496 e. The van der Waals surface area contributed by atoms with Gasteiger partial charge in [-0.1, -0.05) is 60.7 Å². The molecule has 0 radical (unpaired) electrons. The van der Waals surface area contributed by atoms with Crippen LogP contribution in [0.4, 0.5) is 21.0 Å². The van der Waals surface area contributed by atoms with E-state index in [-0.39, 0.29) is 6.42 Å². The monoisotopic (exact) mass is 786 g/mol. The van der Waals surface area contributed by atoms with Crippen LogP contribution in [0.25, 0.3) is 33.4 Å². The van der Waals surface area contributed by atoms with Crippen LogP contribution in [0.1, 0.15) is 93.2 Å². The number of aliphatic hydroxyl groups excluding tert-OH is 1. The first-order valence-electron chi connectivity index (χ1n) is 19.9. The Hall–Kier alpha value is -5.54. The van der Waals surface area contributed by atoms with Gasteiger partial charge in [-0.25, -0.2) is 9.59 Å². The zero-order valence-corrected chi connectivity index (χ0v) is 36.0. The summed E-state index contributed by atoms with van der Waals surface area (Å²) in [6.07, 6.45) is 2.77. The number of hydrogen-bond donors (Lipinski definition) is 1. The van der Waals surface area contributed by atoms with Gasteiger partial charge in [0, 0.05) is 22.3 Å². The number of para-hydroxylation sites is 2. The quantitative estimate of drug-likeness (QED) is 0.180. The predicted octanol–water partition coefficient (Wildman–Crippen LogP) is 11.7. The van der Waals surface area contributed by atoms with E-state index in [1.165, 1.54) is 0 Å². The van der Waals surface area contributed by atoms with Gasteiger partial charge in [-0.15, -0.1) is 0 Å². The molecule has 2 aliphatic heterocycles. The molecule has 1 atom stereocenters. The van der Waals surface area contributed by atoms with Gasteiger partial charge in [-0.2, -0.15) is 0 Å². The normalized spacial score (nSPS) is 16.3. The molecular formula is C49H58N2O7. The Bertz CT molecular complexity index is 2280. The number of methoxy groups -OCH3 is 2. The zero-order chi connectivity index (χ0) is 42.4. The van der Waals surface area contributed by atoms with Gasteiger partial charge in [0.1, 0.15) is 22.7 Å². The van der Waals surface area contributed by atoms with E-state index in [0.29, 0.717) is 29.0 Å². The summed E-state index contributed by atoms with van der Waals surface area (Å²) >= 11 is 0. The van der Waals surface area contributed by atoms with Crippen LogP contribution in [-0.2, 0) is 9.47 Å². The number of nitrogens with zero attached hydrogens (tertiary/aromatic N) is 2. The van der Waals surface area contributed by atoms with Crippen molar-refractivity contribution in [2.75, 3.05) is 24.0 Å². The Morgan fingerprint density at radius 1 is 0.655 bits per heavy atom. The Morgan fingerprint density at radius 2 is 1.12 bits per heavy atom. The Labute approximate surface area is 343 Å².